The molecule has 3 N–H and O–H groups in total. The van der Waals surface area contributed by atoms with Crippen molar-refractivity contribution in [2.75, 3.05) is 10.6 Å². The fourth-order valence-electron chi connectivity index (χ4n) is 2.81. The molecular formula is C21H21ClN4O4S2. The molecule has 8 nitrogen and oxygen atoms in total. The van der Waals surface area contributed by atoms with Crippen LogP contribution in [0.25, 0.3) is 11.3 Å². The number of carbonyl (C=O) groups excluding carboxylic acids is 2. The summed E-state index contributed by atoms with van der Waals surface area (Å²) in [5.41, 5.74) is 2.05. The third-order valence-corrected chi connectivity index (χ3v) is 7.05. The molecule has 1 aromatic heterocycles. The van der Waals surface area contributed by atoms with Gasteiger partial charge in [-0.05, 0) is 50.2 Å². The van der Waals surface area contributed by atoms with Gasteiger partial charge in [0.05, 0.1) is 16.6 Å². The van der Waals surface area contributed by atoms with E-state index < -0.39 is 22.0 Å². The van der Waals surface area contributed by atoms with Gasteiger partial charge in [0.1, 0.15) is 0 Å². The van der Waals surface area contributed by atoms with Crippen molar-refractivity contribution < 1.29 is 18.0 Å². The number of thiazole rings is 1. The molecule has 0 aliphatic rings. The number of carbonyl (C=O) groups is 2. The van der Waals surface area contributed by atoms with Gasteiger partial charge in [-0.2, -0.15) is 4.72 Å². The predicted octanol–water partition coefficient (Wildman–Crippen LogP) is 4.04. The van der Waals surface area contributed by atoms with E-state index in [1.165, 1.54) is 49.4 Å². The van der Waals surface area contributed by atoms with Gasteiger partial charge in [-0.25, -0.2) is 13.4 Å². The number of aromatic nitrogens is 1. The molecule has 0 spiro atoms. The summed E-state index contributed by atoms with van der Waals surface area (Å²) in [6.07, 6.45) is 0. The van der Waals surface area contributed by atoms with E-state index in [4.69, 9.17) is 11.6 Å². The fraction of sp³-hybridized carbons (Fsp3) is 0.190. The van der Waals surface area contributed by atoms with E-state index in [0.29, 0.717) is 15.8 Å². The number of aryl methyl sites for hydroxylation is 1. The molecule has 2 aromatic carbocycles. The number of sulfonamides is 1. The van der Waals surface area contributed by atoms with Crippen molar-refractivity contribution in [2.24, 2.45) is 0 Å². The lowest BCUT2D eigenvalue weighted by Gasteiger charge is -2.14. The molecule has 0 saturated heterocycles. The maximum atomic E-state index is 12.6. The summed E-state index contributed by atoms with van der Waals surface area (Å²) < 4.78 is 27.6. The van der Waals surface area contributed by atoms with Gasteiger partial charge in [0.25, 0.3) is 0 Å². The molecule has 0 aliphatic heterocycles. The summed E-state index contributed by atoms with van der Waals surface area (Å²) >= 11 is 7.22. The first-order chi connectivity index (χ1) is 15.0. The molecule has 0 unspecified atom stereocenters. The van der Waals surface area contributed by atoms with Crippen LogP contribution in [0, 0.1) is 6.92 Å². The minimum atomic E-state index is -3.95. The third-order valence-electron chi connectivity index (χ3n) is 4.35. The van der Waals surface area contributed by atoms with E-state index in [1.54, 1.807) is 12.1 Å². The first-order valence-corrected chi connectivity index (χ1v) is 12.2. The normalized spacial score (nSPS) is 12.2. The number of amides is 2. The first kappa shape index (κ1) is 23.9. The molecule has 11 heteroatoms. The van der Waals surface area contributed by atoms with Crippen LogP contribution >= 0.6 is 22.9 Å². The number of halogens is 1. The molecule has 0 aliphatic carbocycles. The lowest BCUT2D eigenvalue weighted by atomic mass is 10.1. The Morgan fingerprint density at radius 1 is 1.03 bits per heavy atom. The van der Waals surface area contributed by atoms with E-state index in [0.717, 1.165) is 16.1 Å². The van der Waals surface area contributed by atoms with Gasteiger partial charge in [-0.1, -0.05) is 23.7 Å². The number of rotatable bonds is 7. The Balaban J connectivity index is 1.67. The highest BCUT2D eigenvalue weighted by atomic mass is 35.5. The maximum absolute atomic E-state index is 12.6. The lowest BCUT2D eigenvalue weighted by molar-refractivity contribution is -0.117. The van der Waals surface area contributed by atoms with E-state index in [2.05, 4.69) is 20.3 Å². The smallest absolute Gasteiger partial charge is 0.244 e. The Bertz CT molecular complexity index is 1240. The molecule has 0 radical (unpaired) electrons. The topological polar surface area (TPSA) is 117 Å². The van der Waals surface area contributed by atoms with Crippen LogP contribution in [0.15, 0.2) is 53.4 Å². The zero-order valence-electron chi connectivity index (χ0n) is 17.5. The van der Waals surface area contributed by atoms with Crippen molar-refractivity contribution >= 4 is 55.6 Å². The summed E-state index contributed by atoms with van der Waals surface area (Å²) in [7, 11) is -3.95. The number of benzene rings is 2. The maximum Gasteiger partial charge on any atom is 0.244 e. The van der Waals surface area contributed by atoms with Crippen molar-refractivity contribution in [3.05, 3.63) is 58.4 Å². The zero-order valence-corrected chi connectivity index (χ0v) is 19.9. The van der Waals surface area contributed by atoms with Crippen molar-refractivity contribution in [1.29, 1.82) is 0 Å². The second-order valence-corrected chi connectivity index (χ2v) is 10.3. The fourth-order valence-corrected chi connectivity index (χ4v) is 4.98. The second kappa shape index (κ2) is 9.78. The van der Waals surface area contributed by atoms with E-state index >= 15 is 0 Å². The monoisotopic (exact) mass is 492 g/mol. The zero-order chi connectivity index (χ0) is 23.5. The first-order valence-electron chi connectivity index (χ1n) is 9.49. The Kier molecular flexibility index (Phi) is 7.29. The standard InChI is InChI=1S/C21H21ClN4O4S2/c1-12(26-32(29,30)18-10-8-17(9-11-18)23-14(3)27)20(28)25-21-24-19(13(2)31-21)15-4-6-16(22)7-5-15/h4-12,26H,1-3H3,(H,23,27)(H,24,25,28)/t12-/m0/s1. The largest absolute Gasteiger partial charge is 0.326 e. The summed E-state index contributed by atoms with van der Waals surface area (Å²) in [5.74, 6) is -0.805. The molecule has 32 heavy (non-hydrogen) atoms. The highest BCUT2D eigenvalue weighted by Gasteiger charge is 2.23. The molecule has 3 rings (SSSR count). The van der Waals surface area contributed by atoms with Gasteiger partial charge in [0.15, 0.2) is 5.13 Å². The SMILES string of the molecule is CC(=O)Nc1ccc(S(=O)(=O)N[C@@H](C)C(=O)Nc2nc(-c3ccc(Cl)cc3)c(C)s2)cc1. The lowest BCUT2D eigenvalue weighted by Crippen LogP contribution is -2.41. The Hall–Kier alpha value is -2.79. The summed E-state index contributed by atoms with van der Waals surface area (Å²) in [4.78, 5) is 29.0. The summed E-state index contributed by atoms with van der Waals surface area (Å²) in [6.45, 7) is 4.68. The molecule has 0 fully saturated rings. The van der Waals surface area contributed by atoms with Crippen LogP contribution in [0.5, 0.6) is 0 Å². The molecule has 1 heterocycles. The van der Waals surface area contributed by atoms with Crippen molar-refractivity contribution in [3.63, 3.8) is 0 Å². The van der Waals surface area contributed by atoms with Gasteiger partial charge in [0, 0.05) is 28.1 Å². The molecule has 0 bridgehead atoms. The van der Waals surface area contributed by atoms with Crippen molar-refractivity contribution in [2.45, 2.75) is 31.7 Å². The van der Waals surface area contributed by atoms with Crippen LogP contribution < -0.4 is 15.4 Å². The second-order valence-electron chi connectivity index (χ2n) is 6.97. The van der Waals surface area contributed by atoms with Crippen LogP contribution in [0.2, 0.25) is 5.02 Å². The molecule has 0 saturated carbocycles. The van der Waals surface area contributed by atoms with Crippen LogP contribution in [0.1, 0.15) is 18.7 Å². The molecule has 3 aromatic rings. The van der Waals surface area contributed by atoms with E-state index in [1.807, 2.05) is 19.1 Å². The van der Waals surface area contributed by atoms with E-state index in [-0.39, 0.29) is 10.8 Å². The quantitative estimate of drug-likeness (QED) is 0.460. The Labute approximate surface area is 195 Å². The number of nitrogens with zero attached hydrogens (tertiary/aromatic N) is 1. The van der Waals surface area contributed by atoms with Crippen LogP contribution in [-0.4, -0.2) is 31.3 Å². The average molecular weight is 493 g/mol. The predicted molar refractivity (Wildman–Crippen MR) is 126 cm³/mol. The minimum absolute atomic E-state index is 0.0265. The van der Waals surface area contributed by atoms with E-state index in [9.17, 15) is 18.0 Å². The molecule has 168 valence electrons. The van der Waals surface area contributed by atoms with Crippen LogP contribution in [-0.2, 0) is 19.6 Å². The summed E-state index contributed by atoms with van der Waals surface area (Å²) in [6, 6.07) is 11.8. The molecule has 2 amide bonds. The van der Waals surface area contributed by atoms with Crippen molar-refractivity contribution in [1.82, 2.24) is 9.71 Å². The van der Waals surface area contributed by atoms with Gasteiger partial charge < -0.3 is 10.6 Å². The van der Waals surface area contributed by atoms with Crippen molar-refractivity contribution in [3.8, 4) is 11.3 Å². The van der Waals surface area contributed by atoms with Gasteiger partial charge in [-0.15, -0.1) is 11.3 Å². The van der Waals surface area contributed by atoms with Gasteiger partial charge >= 0.3 is 0 Å². The molecule has 1 atom stereocenters. The average Bonchev–Trinajstić information content (AvgIpc) is 3.08. The molecular weight excluding hydrogens is 472 g/mol. The number of hydrogen-bond donors (Lipinski definition) is 3. The van der Waals surface area contributed by atoms with Gasteiger partial charge in [0.2, 0.25) is 21.8 Å². The minimum Gasteiger partial charge on any atom is -0.326 e. The van der Waals surface area contributed by atoms with Crippen LogP contribution in [0.3, 0.4) is 0 Å². The Morgan fingerprint density at radius 3 is 2.25 bits per heavy atom. The third kappa shape index (κ3) is 5.92. The Morgan fingerprint density at radius 2 is 1.66 bits per heavy atom. The highest BCUT2D eigenvalue weighted by Crippen LogP contribution is 2.31. The summed E-state index contributed by atoms with van der Waals surface area (Å²) in [5, 5.41) is 6.19. The number of nitrogens with one attached hydrogen (secondary N) is 3. The number of anilines is 2. The number of hydrogen-bond acceptors (Lipinski definition) is 6. The van der Waals surface area contributed by atoms with Crippen LogP contribution in [0.4, 0.5) is 10.8 Å². The van der Waals surface area contributed by atoms with Gasteiger partial charge in [-0.3, -0.25) is 9.59 Å². The highest BCUT2D eigenvalue weighted by molar-refractivity contribution is 7.89.